The van der Waals surface area contributed by atoms with Crippen LogP contribution >= 0.6 is 11.8 Å². The van der Waals surface area contributed by atoms with Crippen molar-refractivity contribution in [1.82, 2.24) is 0 Å². The summed E-state index contributed by atoms with van der Waals surface area (Å²) in [6.45, 7) is 5.53. The van der Waals surface area contributed by atoms with E-state index >= 15 is 0 Å². The van der Waals surface area contributed by atoms with Crippen LogP contribution in [0, 0.1) is 0 Å². The smallest absolute Gasteiger partial charge is 0.334 e. The molecule has 0 saturated carbocycles. The lowest BCUT2D eigenvalue weighted by Crippen LogP contribution is -2.35. The molecule has 1 aliphatic heterocycles. The van der Waals surface area contributed by atoms with Gasteiger partial charge in [0.2, 0.25) is 0 Å². The molecular weight excluding hydrogens is 358 g/mol. The highest BCUT2D eigenvalue weighted by Gasteiger charge is 2.40. The van der Waals surface area contributed by atoms with Gasteiger partial charge < -0.3 is 24.1 Å². The molecular formula is C18H25NO6S. The van der Waals surface area contributed by atoms with Crippen LogP contribution in [0.15, 0.2) is 23.2 Å². The number of para-hydroxylation sites is 1. The van der Waals surface area contributed by atoms with Crippen molar-refractivity contribution in [3.8, 4) is 11.5 Å². The third-order valence-corrected chi connectivity index (χ3v) is 4.99. The molecule has 1 aromatic carbocycles. The van der Waals surface area contributed by atoms with Gasteiger partial charge in [-0.15, -0.1) is 11.8 Å². The van der Waals surface area contributed by atoms with Crippen LogP contribution in [-0.4, -0.2) is 67.6 Å². The van der Waals surface area contributed by atoms with Gasteiger partial charge in [0.1, 0.15) is 11.7 Å². The quantitative estimate of drug-likeness (QED) is 0.490. The van der Waals surface area contributed by atoms with Crippen LogP contribution in [0.3, 0.4) is 0 Å². The fraction of sp³-hybridized carbons (Fsp3) is 0.556. The SMILES string of the molecule is CCOC(=O)C1(C)CSC(c2cccc(OCCOCCOC)c2O)=N1. The topological polar surface area (TPSA) is 86.6 Å². The van der Waals surface area contributed by atoms with E-state index in [4.69, 9.17) is 18.9 Å². The first-order valence-electron chi connectivity index (χ1n) is 8.43. The second-order valence-electron chi connectivity index (χ2n) is 5.81. The summed E-state index contributed by atoms with van der Waals surface area (Å²) in [5.41, 5.74) is -0.394. The zero-order chi connectivity index (χ0) is 19.0. The average molecular weight is 383 g/mol. The summed E-state index contributed by atoms with van der Waals surface area (Å²) >= 11 is 1.41. The zero-order valence-corrected chi connectivity index (χ0v) is 16.1. The number of carbonyl (C=O) groups excluding carboxylic acids is 1. The van der Waals surface area contributed by atoms with E-state index in [0.717, 1.165) is 0 Å². The predicted molar refractivity (Wildman–Crippen MR) is 100 cm³/mol. The van der Waals surface area contributed by atoms with Gasteiger partial charge in [0.05, 0.1) is 32.0 Å². The summed E-state index contributed by atoms with van der Waals surface area (Å²) in [5, 5.41) is 11.1. The lowest BCUT2D eigenvalue weighted by molar-refractivity contribution is -0.147. The van der Waals surface area contributed by atoms with E-state index in [9.17, 15) is 9.90 Å². The van der Waals surface area contributed by atoms with Crippen LogP contribution < -0.4 is 4.74 Å². The Hall–Kier alpha value is -1.77. The van der Waals surface area contributed by atoms with Gasteiger partial charge in [0.15, 0.2) is 17.0 Å². The molecule has 144 valence electrons. The van der Waals surface area contributed by atoms with Crippen LogP contribution in [0.2, 0.25) is 0 Å². The number of phenolic OH excluding ortho intramolecular Hbond substituents is 1. The summed E-state index contributed by atoms with van der Waals surface area (Å²) in [6.07, 6.45) is 0. The molecule has 0 spiro atoms. The molecule has 1 atom stereocenters. The minimum absolute atomic E-state index is 0.00347. The van der Waals surface area contributed by atoms with Crippen molar-refractivity contribution in [2.75, 3.05) is 45.9 Å². The molecule has 1 N–H and O–H groups in total. The van der Waals surface area contributed by atoms with Gasteiger partial charge in [-0.1, -0.05) is 6.07 Å². The van der Waals surface area contributed by atoms with Crippen molar-refractivity contribution >= 4 is 22.8 Å². The highest BCUT2D eigenvalue weighted by Crippen LogP contribution is 2.38. The molecule has 7 nitrogen and oxygen atoms in total. The minimum atomic E-state index is -0.936. The van der Waals surface area contributed by atoms with Crippen LogP contribution in [0.1, 0.15) is 19.4 Å². The maximum atomic E-state index is 12.1. The second-order valence-corrected chi connectivity index (χ2v) is 6.77. The Morgan fingerprint density at radius 1 is 1.31 bits per heavy atom. The number of esters is 1. The first kappa shape index (κ1) is 20.5. The van der Waals surface area contributed by atoms with Crippen LogP contribution in [-0.2, 0) is 19.0 Å². The zero-order valence-electron chi connectivity index (χ0n) is 15.3. The molecule has 0 saturated heterocycles. The Labute approximate surface area is 157 Å². The standard InChI is InChI=1S/C18H25NO6S/c1-4-24-17(21)18(2)12-26-16(19-18)13-6-5-7-14(15(13)20)25-11-10-23-9-8-22-3/h5-7,20H,4,8-12H2,1-3H3. The Morgan fingerprint density at radius 2 is 2.08 bits per heavy atom. The van der Waals surface area contributed by atoms with Gasteiger partial charge in [-0.25, -0.2) is 4.79 Å². The van der Waals surface area contributed by atoms with Gasteiger partial charge in [-0.2, -0.15) is 0 Å². The van der Waals surface area contributed by atoms with Gasteiger partial charge in [-0.05, 0) is 26.0 Å². The third kappa shape index (κ3) is 5.12. The molecule has 1 heterocycles. The molecule has 1 aromatic rings. The number of carbonyl (C=O) groups is 1. The Balaban J connectivity index is 2.03. The molecule has 1 unspecified atom stereocenters. The number of nitrogens with zero attached hydrogens (tertiary/aromatic N) is 1. The number of thioether (sulfide) groups is 1. The van der Waals surface area contributed by atoms with Crippen molar-refractivity contribution in [2.45, 2.75) is 19.4 Å². The number of hydrogen-bond donors (Lipinski definition) is 1. The second kappa shape index (κ2) is 9.80. The number of methoxy groups -OCH3 is 1. The lowest BCUT2D eigenvalue weighted by Gasteiger charge is -2.16. The van der Waals surface area contributed by atoms with Crippen molar-refractivity contribution < 1.29 is 28.8 Å². The van der Waals surface area contributed by atoms with Crippen LogP contribution in [0.25, 0.3) is 0 Å². The van der Waals surface area contributed by atoms with E-state index in [1.165, 1.54) is 11.8 Å². The van der Waals surface area contributed by atoms with E-state index in [1.807, 2.05) is 0 Å². The van der Waals surface area contributed by atoms with Gasteiger partial charge >= 0.3 is 5.97 Å². The first-order valence-corrected chi connectivity index (χ1v) is 9.42. The first-order chi connectivity index (χ1) is 12.5. The lowest BCUT2D eigenvalue weighted by atomic mass is 10.1. The molecule has 26 heavy (non-hydrogen) atoms. The largest absolute Gasteiger partial charge is 0.504 e. The maximum absolute atomic E-state index is 12.1. The number of benzene rings is 1. The molecule has 0 bridgehead atoms. The fourth-order valence-electron chi connectivity index (χ4n) is 2.29. The normalized spacial score (nSPS) is 19.3. The number of ether oxygens (including phenoxy) is 4. The Kier molecular flexibility index (Phi) is 7.74. The summed E-state index contributed by atoms with van der Waals surface area (Å²) in [6, 6.07) is 5.21. The highest BCUT2D eigenvalue weighted by molar-refractivity contribution is 8.14. The maximum Gasteiger partial charge on any atom is 0.334 e. The molecule has 0 radical (unpaired) electrons. The highest BCUT2D eigenvalue weighted by atomic mass is 32.2. The molecule has 8 heteroatoms. The van der Waals surface area contributed by atoms with E-state index in [0.29, 0.717) is 55.1 Å². The monoisotopic (exact) mass is 383 g/mol. The summed E-state index contributed by atoms with van der Waals surface area (Å²) in [4.78, 5) is 16.6. The van der Waals surface area contributed by atoms with Crippen molar-refractivity contribution in [1.29, 1.82) is 0 Å². The van der Waals surface area contributed by atoms with Gasteiger partial charge in [0.25, 0.3) is 0 Å². The minimum Gasteiger partial charge on any atom is -0.504 e. The number of rotatable bonds is 10. The van der Waals surface area contributed by atoms with Crippen molar-refractivity contribution in [3.63, 3.8) is 0 Å². The van der Waals surface area contributed by atoms with Gasteiger partial charge in [-0.3, -0.25) is 4.99 Å². The molecule has 0 amide bonds. The van der Waals surface area contributed by atoms with Crippen LogP contribution in [0.4, 0.5) is 0 Å². The number of aromatic hydroxyl groups is 1. The molecule has 0 aromatic heterocycles. The van der Waals surface area contributed by atoms with Crippen molar-refractivity contribution in [3.05, 3.63) is 23.8 Å². The number of phenols is 1. The van der Waals surface area contributed by atoms with Gasteiger partial charge in [0, 0.05) is 12.9 Å². The van der Waals surface area contributed by atoms with E-state index in [2.05, 4.69) is 4.99 Å². The van der Waals surface area contributed by atoms with E-state index in [-0.39, 0.29) is 11.7 Å². The number of hydrogen-bond acceptors (Lipinski definition) is 8. The Bertz CT molecular complexity index is 651. The summed E-state index contributed by atoms with van der Waals surface area (Å²) in [5.74, 6) is 0.469. The van der Waals surface area contributed by atoms with Crippen molar-refractivity contribution in [2.24, 2.45) is 4.99 Å². The summed E-state index contributed by atoms with van der Waals surface area (Å²) < 4.78 is 20.9. The summed E-state index contributed by atoms with van der Waals surface area (Å²) in [7, 11) is 1.61. The molecule has 0 fully saturated rings. The predicted octanol–water partition coefficient (Wildman–Crippen LogP) is 2.25. The van der Waals surface area contributed by atoms with E-state index in [1.54, 1.807) is 39.2 Å². The number of aliphatic imine (C=N–C) groups is 1. The third-order valence-electron chi connectivity index (χ3n) is 3.70. The fourth-order valence-corrected chi connectivity index (χ4v) is 3.48. The van der Waals surface area contributed by atoms with E-state index < -0.39 is 5.54 Å². The average Bonchev–Trinajstić information content (AvgIpc) is 3.03. The molecule has 1 aliphatic rings. The Morgan fingerprint density at radius 3 is 2.81 bits per heavy atom. The molecule has 2 rings (SSSR count). The molecule has 0 aliphatic carbocycles. The van der Waals surface area contributed by atoms with Crippen LogP contribution in [0.5, 0.6) is 11.5 Å².